The summed E-state index contributed by atoms with van der Waals surface area (Å²) in [5, 5.41) is 3.06. The maximum atomic E-state index is 12.0. The summed E-state index contributed by atoms with van der Waals surface area (Å²) in [7, 11) is 0. The Morgan fingerprint density at radius 2 is 2.05 bits per heavy atom. The van der Waals surface area contributed by atoms with Crippen LogP contribution in [0.2, 0.25) is 0 Å². The van der Waals surface area contributed by atoms with Gasteiger partial charge >= 0.3 is 0 Å². The highest BCUT2D eigenvalue weighted by Crippen LogP contribution is 2.17. The maximum Gasteiger partial charge on any atom is 0.223 e. The third kappa shape index (κ3) is 6.94. The molecule has 0 aliphatic carbocycles. The number of rotatable bonds is 10. The highest BCUT2D eigenvalue weighted by molar-refractivity contribution is 7.99. The van der Waals surface area contributed by atoms with E-state index in [9.17, 15) is 4.79 Å². The van der Waals surface area contributed by atoms with Gasteiger partial charge in [0.2, 0.25) is 5.91 Å². The van der Waals surface area contributed by atoms with Crippen molar-refractivity contribution in [1.82, 2.24) is 10.3 Å². The van der Waals surface area contributed by atoms with Crippen LogP contribution in [0.4, 0.5) is 0 Å². The van der Waals surface area contributed by atoms with Gasteiger partial charge in [-0.3, -0.25) is 9.78 Å². The Kier molecular flexibility index (Phi) is 9.13. The lowest BCUT2D eigenvalue weighted by Gasteiger charge is -2.14. The lowest BCUT2D eigenvalue weighted by Crippen LogP contribution is -2.31. The highest BCUT2D eigenvalue weighted by atomic mass is 32.2. The van der Waals surface area contributed by atoms with Crippen LogP contribution in [-0.4, -0.2) is 23.2 Å². The fraction of sp³-hybridized carbons (Fsp3) is 0.625. The fourth-order valence-electron chi connectivity index (χ4n) is 2.02. The van der Waals surface area contributed by atoms with Crippen LogP contribution in [0.25, 0.3) is 0 Å². The number of carbonyl (C=O) groups is 1. The topological polar surface area (TPSA) is 42.0 Å². The van der Waals surface area contributed by atoms with Crippen LogP contribution in [0, 0.1) is 5.92 Å². The molecule has 3 nitrogen and oxygen atoms in total. The zero-order chi connectivity index (χ0) is 14.6. The number of nitrogens with one attached hydrogen (secondary N) is 1. The number of thioether (sulfide) groups is 1. The predicted octanol–water partition coefficient (Wildman–Crippen LogP) is 3.90. The molecule has 1 aromatic heterocycles. The minimum absolute atomic E-state index is 0.197. The smallest absolute Gasteiger partial charge is 0.223 e. The molecule has 0 saturated carbocycles. The zero-order valence-electron chi connectivity index (χ0n) is 12.6. The van der Waals surface area contributed by atoms with Crippen LogP contribution in [0.5, 0.6) is 0 Å². The molecule has 0 spiro atoms. The van der Waals surface area contributed by atoms with Crippen molar-refractivity contribution >= 4 is 17.7 Å². The van der Waals surface area contributed by atoms with Gasteiger partial charge in [0.05, 0.1) is 0 Å². The Balaban J connectivity index is 2.12. The van der Waals surface area contributed by atoms with E-state index in [1.807, 2.05) is 36.3 Å². The standard InChI is InChI=1S/C16H26N2OS/c1-3-5-7-14(4-2)16(19)18-10-6-13-20-15-8-11-17-12-9-15/h8-9,11-12,14H,3-7,10,13H2,1-2H3,(H,18,19). The second-order valence-electron chi connectivity index (χ2n) is 4.92. The molecule has 4 heteroatoms. The first kappa shape index (κ1) is 17.0. The summed E-state index contributed by atoms with van der Waals surface area (Å²) >= 11 is 1.81. The van der Waals surface area contributed by atoms with Crippen molar-refractivity contribution in [2.45, 2.75) is 50.8 Å². The first-order valence-electron chi connectivity index (χ1n) is 7.58. The molecule has 0 fully saturated rings. The van der Waals surface area contributed by atoms with E-state index in [0.717, 1.165) is 44.4 Å². The number of aromatic nitrogens is 1. The number of nitrogens with zero attached hydrogens (tertiary/aromatic N) is 1. The van der Waals surface area contributed by atoms with Crippen molar-refractivity contribution in [2.75, 3.05) is 12.3 Å². The third-order valence-electron chi connectivity index (χ3n) is 3.31. The minimum Gasteiger partial charge on any atom is -0.356 e. The number of unbranched alkanes of at least 4 members (excludes halogenated alkanes) is 1. The lowest BCUT2D eigenvalue weighted by atomic mass is 9.98. The molecular formula is C16H26N2OS. The van der Waals surface area contributed by atoms with Crippen molar-refractivity contribution in [3.05, 3.63) is 24.5 Å². The van der Waals surface area contributed by atoms with Crippen LogP contribution < -0.4 is 5.32 Å². The van der Waals surface area contributed by atoms with Gasteiger partial charge in [0.1, 0.15) is 0 Å². The third-order valence-corrected chi connectivity index (χ3v) is 4.41. The summed E-state index contributed by atoms with van der Waals surface area (Å²) in [4.78, 5) is 17.2. The number of pyridine rings is 1. The molecular weight excluding hydrogens is 268 g/mol. The van der Waals surface area contributed by atoms with Crippen molar-refractivity contribution in [3.63, 3.8) is 0 Å². The second-order valence-corrected chi connectivity index (χ2v) is 6.09. The van der Waals surface area contributed by atoms with Crippen LogP contribution in [0.15, 0.2) is 29.4 Å². The number of hydrogen-bond donors (Lipinski definition) is 1. The normalized spacial score (nSPS) is 12.1. The fourth-order valence-corrected chi connectivity index (χ4v) is 2.86. The van der Waals surface area contributed by atoms with E-state index in [-0.39, 0.29) is 11.8 Å². The summed E-state index contributed by atoms with van der Waals surface area (Å²) < 4.78 is 0. The molecule has 1 atom stereocenters. The Morgan fingerprint density at radius 1 is 1.30 bits per heavy atom. The molecule has 1 heterocycles. The molecule has 1 unspecified atom stereocenters. The molecule has 0 saturated heterocycles. The quantitative estimate of drug-likeness (QED) is 0.526. The average molecular weight is 294 g/mol. The summed E-state index contributed by atoms with van der Waals surface area (Å²) in [6.45, 7) is 5.04. The van der Waals surface area contributed by atoms with Crippen molar-refractivity contribution < 1.29 is 4.79 Å². The van der Waals surface area contributed by atoms with Crippen LogP contribution in [0.3, 0.4) is 0 Å². The first-order chi connectivity index (χ1) is 9.77. The second kappa shape index (κ2) is 10.7. The van der Waals surface area contributed by atoms with Gasteiger partial charge in [-0.05, 0) is 37.1 Å². The first-order valence-corrected chi connectivity index (χ1v) is 8.57. The Hall–Kier alpha value is -1.03. The molecule has 0 radical (unpaired) electrons. The van der Waals surface area contributed by atoms with Gasteiger partial charge in [0.25, 0.3) is 0 Å². The summed E-state index contributed by atoms with van der Waals surface area (Å²) in [5.41, 5.74) is 0. The SMILES string of the molecule is CCCCC(CC)C(=O)NCCCSc1ccncc1. The van der Waals surface area contributed by atoms with Gasteiger partial charge < -0.3 is 5.32 Å². The van der Waals surface area contributed by atoms with E-state index >= 15 is 0 Å². The Bertz CT molecular complexity index is 370. The molecule has 1 aromatic rings. The predicted molar refractivity (Wildman–Crippen MR) is 85.9 cm³/mol. The van der Waals surface area contributed by atoms with Gasteiger partial charge in [-0.1, -0.05) is 26.7 Å². The van der Waals surface area contributed by atoms with Gasteiger partial charge in [0.15, 0.2) is 0 Å². The Morgan fingerprint density at radius 3 is 2.70 bits per heavy atom. The maximum absolute atomic E-state index is 12.0. The lowest BCUT2D eigenvalue weighted by molar-refractivity contribution is -0.125. The average Bonchev–Trinajstić information content (AvgIpc) is 2.48. The van der Waals surface area contributed by atoms with Crippen LogP contribution in [0.1, 0.15) is 46.0 Å². The van der Waals surface area contributed by atoms with Gasteiger partial charge in [-0.15, -0.1) is 11.8 Å². The van der Waals surface area contributed by atoms with Crippen molar-refractivity contribution in [2.24, 2.45) is 5.92 Å². The van der Waals surface area contributed by atoms with E-state index in [1.54, 1.807) is 0 Å². The largest absolute Gasteiger partial charge is 0.356 e. The molecule has 0 aromatic carbocycles. The van der Waals surface area contributed by atoms with Gasteiger partial charge in [-0.25, -0.2) is 0 Å². The molecule has 0 aliphatic rings. The van der Waals surface area contributed by atoms with Crippen molar-refractivity contribution in [1.29, 1.82) is 0 Å². The zero-order valence-corrected chi connectivity index (χ0v) is 13.4. The summed E-state index contributed by atoms with van der Waals surface area (Å²) in [6, 6.07) is 4.03. The van der Waals surface area contributed by atoms with E-state index < -0.39 is 0 Å². The molecule has 1 amide bonds. The molecule has 0 bridgehead atoms. The van der Waals surface area contributed by atoms with E-state index in [0.29, 0.717) is 0 Å². The minimum atomic E-state index is 0.197. The van der Waals surface area contributed by atoms with E-state index in [2.05, 4.69) is 24.1 Å². The molecule has 1 rings (SSSR count). The number of hydrogen-bond acceptors (Lipinski definition) is 3. The number of amides is 1. The van der Waals surface area contributed by atoms with Gasteiger partial charge in [0, 0.05) is 29.8 Å². The monoisotopic (exact) mass is 294 g/mol. The molecule has 0 aliphatic heterocycles. The highest BCUT2D eigenvalue weighted by Gasteiger charge is 2.14. The number of carbonyl (C=O) groups excluding carboxylic acids is 1. The molecule has 112 valence electrons. The summed E-state index contributed by atoms with van der Waals surface area (Å²) in [5.74, 6) is 1.45. The molecule has 1 N–H and O–H groups in total. The van der Waals surface area contributed by atoms with Gasteiger partial charge in [-0.2, -0.15) is 0 Å². The van der Waals surface area contributed by atoms with E-state index in [1.165, 1.54) is 4.90 Å². The molecule has 20 heavy (non-hydrogen) atoms. The summed E-state index contributed by atoms with van der Waals surface area (Å²) in [6.07, 6.45) is 8.88. The van der Waals surface area contributed by atoms with Crippen LogP contribution in [-0.2, 0) is 4.79 Å². The Labute approximate surface area is 126 Å². The van der Waals surface area contributed by atoms with Crippen molar-refractivity contribution in [3.8, 4) is 0 Å². The van der Waals surface area contributed by atoms with Crippen LogP contribution >= 0.6 is 11.8 Å². The van der Waals surface area contributed by atoms with E-state index in [4.69, 9.17) is 0 Å².